The quantitative estimate of drug-likeness (QED) is 0.675. The van der Waals surface area contributed by atoms with Crippen LogP contribution in [-0.4, -0.2) is 8.42 Å². The van der Waals surface area contributed by atoms with Crippen LogP contribution in [0.5, 0.6) is 0 Å². The molecule has 0 fully saturated rings. The molecule has 0 radical (unpaired) electrons. The summed E-state index contributed by atoms with van der Waals surface area (Å²) in [7, 11) is -4.48. The molecule has 1 rings (SSSR count). The summed E-state index contributed by atoms with van der Waals surface area (Å²) in [5.74, 6) is -0.640. The first-order valence-corrected chi connectivity index (χ1v) is 4.98. The average Bonchev–Trinajstić information content (AvgIpc) is 2.03. The van der Waals surface area contributed by atoms with Crippen LogP contribution in [0.2, 0.25) is 0 Å². The molecule has 0 saturated heterocycles. The monoisotopic (exact) mass is 199 g/mol. The van der Waals surface area contributed by atoms with Crippen molar-refractivity contribution in [1.82, 2.24) is 0 Å². The molecule has 3 nitrogen and oxygen atoms in total. The maximum atomic E-state index is 12.2. The number of hydrogen-bond donors (Lipinski definition) is 0. The molecule has 0 atom stereocenters. The fraction of sp³-hybridized carbons (Fsp3) is 0.125. The predicted octanol–water partition coefficient (Wildman–Crippen LogP) is 1.36. The molecule has 0 aliphatic rings. The second kappa shape index (κ2) is 3.54. The van der Waals surface area contributed by atoms with Gasteiger partial charge in [0.15, 0.2) is 0 Å². The van der Waals surface area contributed by atoms with Gasteiger partial charge in [-0.25, -0.2) is 0 Å². The van der Waals surface area contributed by atoms with E-state index in [0.29, 0.717) is 11.1 Å². The minimum Gasteiger partial charge on any atom is -0.194 e. The third-order valence-electron chi connectivity index (χ3n) is 1.42. The topological polar surface area (TPSA) is 57.9 Å². The first-order valence-electron chi connectivity index (χ1n) is 3.42. The van der Waals surface area contributed by atoms with Crippen molar-refractivity contribution in [3.63, 3.8) is 0 Å². The van der Waals surface area contributed by atoms with Crippen molar-refractivity contribution in [3.8, 4) is 6.07 Å². The lowest BCUT2D eigenvalue weighted by Crippen LogP contribution is -1.95. The van der Waals surface area contributed by atoms with E-state index in [2.05, 4.69) is 0 Å². The van der Waals surface area contributed by atoms with Crippen LogP contribution in [0.15, 0.2) is 24.3 Å². The summed E-state index contributed by atoms with van der Waals surface area (Å²) >= 11 is 0. The van der Waals surface area contributed by atoms with Crippen LogP contribution in [-0.2, 0) is 16.0 Å². The molecule has 0 aliphatic heterocycles. The van der Waals surface area contributed by atoms with Crippen LogP contribution in [0.25, 0.3) is 0 Å². The first kappa shape index (κ1) is 9.68. The van der Waals surface area contributed by atoms with E-state index < -0.39 is 16.0 Å². The summed E-state index contributed by atoms with van der Waals surface area (Å²) in [5, 5.41) is 8.42. The second-order valence-corrected chi connectivity index (χ2v) is 3.86. The molecule has 68 valence electrons. The van der Waals surface area contributed by atoms with Crippen LogP contribution < -0.4 is 0 Å². The summed E-state index contributed by atoms with van der Waals surface area (Å²) in [4.78, 5) is 0. The van der Waals surface area contributed by atoms with Gasteiger partial charge in [-0.2, -0.15) is 13.7 Å². The minimum atomic E-state index is -4.48. The van der Waals surface area contributed by atoms with Crippen LogP contribution in [0.1, 0.15) is 11.1 Å². The van der Waals surface area contributed by atoms with Crippen LogP contribution in [0, 0.1) is 11.3 Å². The first-order chi connectivity index (χ1) is 6.01. The van der Waals surface area contributed by atoms with Gasteiger partial charge in [0.2, 0.25) is 0 Å². The Morgan fingerprint density at radius 2 is 1.85 bits per heavy atom. The Kier molecular flexibility index (Phi) is 2.63. The van der Waals surface area contributed by atoms with Gasteiger partial charge in [0.05, 0.1) is 11.6 Å². The van der Waals surface area contributed by atoms with Gasteiger partial charge < -0.3 is 0 Å². The number of rotatable bonds is 2. The van der Waals surface area contributed by atoms with Gasteiger partial charge in [0.1, 0.15) is 5.75 Å². The largest absolute Gasteiger partial charge is 0.306 e. The summed E-state index contributed by atoms with van der Waals surface area (Å²) in [6.07, 6.45) is 0. The molecule has 0 aromatic heterocycles. The lowest BCUT2D eigenvalue weighted by Gasteiger charge is -1.95. The number of hydrogen-bond acceptors (Lipinski definition) is 3. The zero-order valence-corrected chi connectivity index (χ0v) is 7.38. The van der Waals surface area contributed by atoms with Gasteiger partial charge in [-0.1, -0.05) is 12.1 Å². The molecule has 0 amide bonds. The molecule has 0 N–H and O–H groups in total. The Labute approximate surface area is 75.6 Å². The van der Waals surface area contributed by atoms with Crippen molar-refractivity contribution >= 4 is 10.2 Å². The Balaban J connectivity index is 2.89. The van der Waals surface area contributed by atoms with Crippen molar-refractivity contribution < 1.29 is 12.3 Å². The highest BCUT2D eigenvalue weighted by molar-refractivity contribution is 7.85. The molecule has 0 aliphatic carbocycles. The number of nitriles is 1. The van der Waals surface area contributed by atoms with Gasteiger partial charge >= 0.3 is 10.2 Å². The van der Waals surface area contributed by atoms with Crippen molar-refractivity contribution in [2.24, 2.45) is 0 Å². The smallest absolute Gasteiger partial charge is 0.194 e. The van der Waals surface area contributed by atoms with E-state index in [1.807, 2.05) is 6.07 Å². The van der Waals surface area contributed by atoms with E-state index >= 15 is 0 Å². The number of nitrogens with zero attached hydrogens (tertiary/aromatic N) is 1. The molecule has 13 heavy (non-hydrogen) atoms. The molecule has 1 aromatic rings. The van der Waals surface area contributed by atoms with E-state index in [4.69, 9.17) is 5.26 Å². The van der Waals surface area contributed by atoms with E-state index in [1.54, 1.807) is 0 Å². The maximum Gasteiger partial charge on any atom is 0.306 e. The molecular formula is C8H6FNO2S. The Bertz CT molecular complexity index is 430. The predicted molar refractivity (Wildman–Crippen MR) is 44.9 cm³/mol. The lowest BCUT2D eigenvalue weighted by molar-refractivity contribution is 0.551. The Morgan fingerprint density at radius 3 is 2.23 bits per heavy atom. The maximum absolute atomic E-state index is 12.2. The highest BCUT2D eigenvalue weighted by atomic mass is 32.3. The van der Waals surface area contributed by atoms with Crippen molar-refractivity contribution in [1.29, 1.82) is 5.26 Å². The molecule has 0 heterocycles. The molecular weight excluding hydrogens is 193 g/mol. The van der Waals surface area contributed by atoms with Gasteiger partial charge in [-0.3, -0.25) is 0 Å². The fourth-order valence-electron chi connectivity index (χ4n) is 0.875. The van der Waals surface area contributed by atoms with E-state index in [1.165, 1.54) is 24.3 Å². The second-order valence-electron chi connectivity index (χ2n) is 2.49. The zero-order chi connectivity index (χ0) is 9.90. The van der Waals surface area contributed by atoms with Gasteiger partial charge in [0, 0.05) is 0 Å². The third-order valence-corrected chi connectivity index (χ3v) is 2.10. The summed E-state index contributed by atoms with van der Waals surface area (Å²) in [6, 6.07) is 7.59. The highest BCUT2D eigenvalue weighted by Crippen LogP contribution is 2.08. The van der Waals surface area contributed by atoms with Crippen LogP contribution in [0.4, 0.5) is 3.89 Å². The van der Waals surface area contributed by atoms with E-state index in [0.717, 1.165) is 0 Å². The Hall–Kier alpha value is -1.41. The molecule has 1 aromatic carbocycles. The lowest BCUT2D eigenvalue weighted by atomic mass is 10.2. The zero-order valence-electron chi connectivity index (χ0n) is 6.57. The molecule has 0 saturated carbocycles. The van der Waals surface area contributed by atoms with Crippen LogP contribution in [0.3, 0.4) is 0 Å². The third kappa shape index (κ3) is 3.22. The average molecular weight is 199 g/mol. The summed E-state index contributed by atoms with van der Waals surface area (Å²) < 4.78 is 32.6. The Morgan fingerprint density at radius 1 is 1.31 bits per heavy atom. The molecule has 0 bridgehead atoms. The van der Waals surface area contributed by atoms with Crippen molar-refractivity contribution in [2.45, 2.75) is 5.75 Å². The van der Waals surface area contributed by atoms with Gasteiger partial charge in [0.25, 0.3) is 0 Å². The van der Waals surface area contributed by atoms with Crippen LogP contribution >= 0.6 is 0 Å². The van der Waals surface area contributed by atoms with Crippen molar-refractivity contribution in [3.05, 3.63) is 35.4 Å². The van der Waals surface area contributed by atoms with Gasteiger partial charge in [-0.15, -0.1) is 3.89 Å². The highest BCUT2D eigenvalue weighted by Gasteiger charge is 2.07. The number of halogens is 1. The molecule has 0 unspecified atom stereocenters. The number of benzene rings is 1. The van der Waals surface area contributed by atoms with E-state index in [9.17, 15) is 12.3 Å². The summed E-state index contributed by atoms with van der Waals surface area (Å²) in [6.45, 7) is 0. The molecule has 5 heteroatoms. The normalized spacial score (nSPS) is 10.8. The van der Waals surface area contributed by atoms with Crippen molar-refractivity contribution in [2.75, 3.05) is 0 Å². The fourth-order valence-corrected chi connectivity index (χ4v) is 1.47. The standard InChI is InChI=1S/C8H6FNO2S/c9-13(11,12)6-8-3-1-7(5-10)2-4-8/h1-4H,6H2. The van der Waals surface area contributed by atoms with Gasteiger partial charge in [-0.05, 0) is 17.7 Å². The van der Waals surface area contributed by atoms with E-state index in [-0.39, 0.29) is 0 Å². The summed E-state index contributed by atoms with van der Waals surface area (Å²) in [5.41, 5.74) is 0.751. The minimum absolute atomic E-state index is 0.335. The SMILES string of the molecule is N#Cc1ccc(CS(=O)(=O)F)cc1. The molecule has 0 spiro atoms.